The van der Waals surface area contributed by atoms with Crippen LogP contribution in [0.1, 0.15) is 29.5 Å². The lowest BCUT2D eigenvalue weighted by molar-refractivity contribution is -0.137. The SMILES string of the molecule is CC(c1ccc(C(F)(F)F)cc1)c1cnn(-c2cc(=O)[nH]c(-c3ccccc3)n2)c1. The number of hydrogen-bond acceptors (Lipinski definition) is 3. The number of aromatic nitrogens is 4. The van der Waals surface area contributed by atoms with Gasteiger partial charge in [0.05, 0.1) is 11.8 Å². The zero-order valence-electron chi connectivity index (χ0n) is 15.9. The molecule has 4 rings (SSSR count). The molecule has 0 aliphatic rings. The molecule has 2 aromatic carbocycles. The predicted molar refractivity (Wildman–Crippen MR) is 106 cm³/mol. The summed E-state index contributed by atoms with van der Waals surface area (Å²) in [4.78, 5) is 19.3. The minimum atomic E-state index is -4.37. The number of benzene rings is 2. The molecule has 0 aliphatic carbocycles. The topological polar surface area (TPSA) is 63.6 Å². The number of nitrogens with zero attached hydrogens (tertiary/aromatic N) is 3. The summed E-state index contributed by atoms with van der Waals surface area (Å²) < 4.78 is 39.8. The summed E-state index contributed by atoms with van der Waals surface area (Å²) >= 11 is 0. The number of halogens is 3. The Labute approximate surface area is 169 Å². The van der Waals surface area contributed by atoms with Gasteiger partial charge in [0.15, 0.2) is 5.82 Å². The minimum absolute atomic E-state index is 0.184. The van der Waals surface area contributed by atoms with Crippen molar-refractivity contribution in [2.24, 2.45) is 0 Å². The molecular weight excluding hydrogens is 393 g/mol. The number of aromatic amines is 1. The highest BCUT2D eigenvalue weighted by Crippen LogP contribution is 2.31. The lowest BCUT2D eigenvalue weighted by Crippen LogP contribution is -2.12. The number of rotatable bonds is 4. The van der Waals surface area contributed by atoms with Gasteiger partial charge in [0, 0.05) is 23.7 Å². The summed E-state index contributed by atoms with van der Waals surface area (Å²) in [6.45, 7) is 1.88. The third-order valence-corrected chi connectivity index (χ3v) is 4.85. The van der Waals surface area contributed by atoms with Crippen LogP contribution in [0.15, 0.2) is 77.9 Å². The van der Waals surface area contributed by atoms with Crippen molar-refractivity contribution in [1.82, 2.24) is 19.7 Å². The van der Waals surface area contributed by atoms with E-state index in [0.29, 0.717) is 11.6 Å². The van der Waals surface area contributed by atoms with Gasteiger partial charge in [0.1, 0.15) is 5.82 Å². The van der Waals surface area contributed by atoms with Gasteiger partial charge in [-0.05, 0) is 23.3 Å². The van der Waals surface area contributed by atoms with Gasteiger partial charge in [0.25, 0.3) is 5.56 Å². The third-order valence-electron chi connectivity index (χ3n) is 4.85. The van der Waals surface area contributed by atoms with Crippen LogP contribution in [0.5, 0.6) is 0 Å². The van der Waals surface area contributed by atoms with E-state index < -0.39 is 11.7 Å². The second-order valence-electron chi connectivity index (χ2n) is 6.88. The van der Waals surface area contributed by atoms with E-state index in [2.05, 4.69) is 15.1 Å². The first-order valence-electron chi connectivity index (χ1n) is 9.20. The summed E-state index contributed by atoms with van der Waals surface area (Å²) in [6, 6.07) is 15.6. The first kappa shape index (κ1) is 19.6. The zero-order chi connectivity index (χ0) is 21.3. The van der Waals surface area contributed by atoms with E-state index in [1.54, 1.807) is 12.4 Å². The van der Waals surface area contributed by atoms with Gasteiger partial charge in [-0.25, -0.2) is 9.67 Å². The van der Waals surface area contributed by atoms with E-state index >= 15 is 0 Å². The Hall–Kier alpha value is -3.68. The van der Waals surface area contributed by atoms with Crippen molar-refractivity contribution in [2.45, 2.75) is 19.0 Å². The van der Waals surface area contributed by atoms with Crippen LogP contribution in [0.2, 0.25) is 0 Å². The van der Waals surface area contributed by atoms with E-state index in [1.165, 1.54) is 22.9 Å². The molecule has 0 spiro atoms. The molecule has 2 aromatic heterocycles. The second-order valence-corrected chi connectivity index (χ2v) is 6.88. The largest absolute Gasteiger partial charge is 0.416 e. The number of H-pyrrole nitrogens is 1. The fraction of sp³-hybridized carbons (Fsp3) is 0.136. The van der Waals surface area contributed by atoms with Crippen LogP contribution >= 0.6 is 0 Å². The van der Waals surface area contributed by atoms with Crippen LogP contribution in [0.4, 0.5) is 13.2 Å². The Morgan fingerprint density at radius 2 is 1.70 bits per heavy atom. The van der Waals surface area contributed by atoms with Crippen LogP contribution in [0.25, 0.3) is 17.2 Å². The first-order chi connectivity index (χ1) is 14.3. The molecule has 0 saturated carbocycles. The Bertz CT molecular complexity index is 1210. The summed E-state index contributed by atoms with van der Waals surface area (Å²) in [5.74, 6) is 0.589. The van der Waals surface area contributed by atoms with Gasteiger partial charge in [-0.3, -0.25) is 4.79 Å². The van der Waals surface area contributed by atoms with E-state index in [4.69, 9.17) is 0 Å². The second kappa shape index (κ2) is 7.62. The van der Waals surface area contributed by atoms with Crippen molar-refractivity contribution >= 4 is 0 Å². The molecule has 0 bridgehead atoms. The molecule has 0 saturated heterocycles. The highest BCUT2D eigenvalue weighted by Gasteiger charge is 2.30. The Kier molecular flexibility index (Phi) is 4.99. The van der Waals surface area contributed by atoms with Crippen LogP contribution in [0.3, 0.4) is 0 Å². The molecule has 8 heteroatoms. The molecule has 4 aromatic rings. The highest BCUT2D eigenvalue weighted by molar-refractivity contribution is 5.55. The zero-order valence-corrected chi connectivity index (χ0v) is 15.9. The Morgan fingerprint density at radius 1 is 1.00 bits per heavy atom. The van der Waals surface area contributed by atoms with Gasteiger partial charge in [-0.2, -0.15) is 18.3 Å². The molecule has 0 radical (unpaired) electrons. The Morgan fingerprint density at radius 3 is 2.37 bits per heavy atom. The van der Waals surface area contributed by atoms with E-state index in [1.807, 2.05) is 37.3 Å². The minimum Gasteiger partial charge on any atom is -0.306 e. The monoisotopic (exact) mass is 410 g/mol. The van der Waals surface area contributed by atoms with Crippen LogP contribution in [0, 0.1) is 0 Å². The molecule has 0 fully saturated rings. The van der Waals surface area contributed by atoms with Gasteiger partial charge in [0.2, 0.25) is 0 Å². The molecule has 0 aliphatic heterocycles. The van der Waals surface area contributed by atoms with Crippen molar-refractivity contribution < 1.29 is 13.2 Å². The Balaban J connectivity index is 1.63. The molecule has 0 amide bonds. The fourth-order valence-electron chi connectivity index (χ4n) is 3.13. The molecule has 1 N–H and O–H groups in total. The van der Waals surface area contributed by atoms with Crippen molar-refractivity contribution in [3.05, 3.63) is 100 Å². The van der Waals surface area contributed by atoms with Crippen molar-refractivity contribution in [1.29, 1.82) is 0 Å². The molecular formula is C22H17F3N4O. The summed E-state index contributed by atoms with van der Waals surface area (Å²) in [5, 5.41) is 4.29. The smallest absolute Gasteiger partial charge is 0.306 e. The predicted octanol–water partition coefficient (Wildman–Crippen LogP) is 4.79. The molecule has 1 unspecified atom stereocenters. The summed E-state index contributed by atoms with van der Waals surface area (Å²) in [7, 11) is 0. The standard InChI is InChI=1S/C22H17F3N4O/c1-14(15-7-9-18(10-8-15)22(23,24)25)17-12-26-29(13-17)19-11-20(30)28-21(27-19)16-5-3-2-4-6-16/h2-14H,1H3,(H,27,28,30). The third kappa shape index (κ3) is 4.03. The number of hydrogen-bond donors (Lipinski definition) is 1. The maximum absolute atomic E-state index is 12.8. The van der Waals surface area contributed by atoms with E-state index in [0.717, 1.165) is 28.8 Å². The average Bonchev–Trinajstić information content (AvgIpc) is 3.23. The van der Waals surface area contributed by atoms with Crippen molar-refractivity contribution in [3.8, 4) is 17.2 Å². The number of alkyl halides is 3. The molecule has 2 heterocycles. The number of nitrogens with one attached hydrogen (secondary N) is 1. The molecule has 30 heavy (non-hydrogen) atoms. The molecule has 1 atom stereocenters. The van der Waals surface area contributed by atoms with Crippen LogP contribution in [-0.4, -0.2) is 19.7 Å². The van der Waals surface area contributed by atoms with Gasteiger partial charge >= 0.3 is 6.18 Å². The van der Waals surface area contributed by atoms with Crippen LogP contribution < -0.4 is 5.56 Å². The van der Waals surface area contributed by atoms with E-state index in [-0.39, 0.29) is 11.5 Å². The van der Waals surface area contributed by atoms with Gasteiger partial charge < -0.3 is 4.98 Å². The molecule has 152 valence electrons. The van der Waals surface area contributed by atoms with E-state index in [9.17, 15) is 18.0 Å². The average molecular weight is 410 g/mol. The van der Waals surface area contributed by atoms with Gasteiger partial charge in [-0.1, -0.05) is 49.4 Å². The van der Waals surface area contributed by atoms with Crippen molar-refractivity contribution in [3.63, 3.8) is 0 Å². The molecule has 5 nitrogen and oxygen atoms in total. The maximum Gasteiger partial charge on any atom is 0.416 e. The maximum atomic E-state index is 12.8. The van der Waals surface area contributed by atoms with Crippen molar-refractivity contribution in [2.75, 3.05) is 0 Å². The first-order valence-corrected chi connectivity index (χ1v) is 9.20. The van der Waals surface area contributed by atoms with Crippen LogP contribution in [-0.2, 0) is 6.18 Å². The van der Waals surface area contributed by atoms with Gasteiger partial charge in [-0.15, -0.1) is 0 Å². The highest BCUT2D eigenvalue weighted by atomic mass is 19.4. The summed E-state index contributed by atoms with van der Waals surface area (Å²) in [6.07, 6.45) is -1.03. The lowest BCUT2D eigenvalue weighted by Gasteiger charge is -2.12. The quantitative estimate of drug-likeness (QED) is 0.526. The lowest BCUT2D eigenvalue weighted by atomic mass is 9.95. The summed E-state index contributed by atoms with van der Waals surface area (Å²) in [5.41, 5.74) is 1.29. The fourth-order valence-corrected chi connectivity index (χ4v) is 3.13. The normalized spacial score (nSPS) is 12.7.